The number of anilines is 1. The van der Waals surface area contributed by atoms with Crippen molar-refractivity contribution in [1.29, 1.82) is 0 Å². The van der Waals surface area contributed by atoms with E-state index in [0.717, 1.165) is 22.9 Å². The Morgan fingerprint density at radius 3 is 2.10 bits per heavy atom. The highest BCUT2D eigenvalue weighted by molar-refractivity contribution is 7.90. The molecule has 1 heterocycles. The molecule has 1 aromatic heterocycles. The minimum atomic E-state index is -3.49. The molecule has 29 heavy (non-hydrogen) atoms. The molecule has 0 saturated heterocycles. The number of hydrogen-bond donors (Lipinski definition) is 0. The normalized spacial score (nSPS) is 11.6. The van der Waals surface area contributed by atoms with E-state index in [4.69, 9.17) is 9.47 Å². The Kier molecular flexibility index (Phi) is 7.46. The summed E-state index contributed by atoms with van der Waals surface area (Å²) in [5, 5.41) is -0.153. The number of aromatic nitrogens is 2. The van der Waals surface area contributed by atoms with Crippen LogP contribution in [-0.4, -0.2) is 52.0 Å². The summed E-state index contributed by atoms with van der Waals surface area (Å²) < 4.78 is 34.9. The Bertz CT molecular complexity index is 955. The minimum absolute atomic E-state index is 0.153. The fourth-order valence-electron chi connectivity index (χ4n) is 3.31. The SMILES string of the molecule is CCN(CC)c1nc(S(C)(=O)=O)ncc1Cc1cc(OC)c(OC)cc1C(C)C. The topological polar surface area (TPSA) is 81.6 Å². The summed E-state index contributed by atoms with van der Waals surface area (Å²) in [6.45, 7) is 9.72. The quantitative estimate of drug-likeness (QED) is 0.574. The van der Waals surface area contributed by atoms with Gasteiger partial charge in [-0.3, -0.25) is 0 Å². The van der Waals surface area contributed by atoms with E-state index in [1.54, 1.807) is 20.4 Å². The first-order valence-corrected chi connectivity index (χ1v) is 11.6. The predicted molar refractivity (Wildman–Crippen MR) is 115 cm³/mol. The first-order chi connectivity index (χ1) is 13.7. The van der Waals surface area contributed by atoms with E-state index in [9.17, 15) is 8.42 Å². The number of methoxy groups -OCH3 is 2. The van der Waals surface area contributed by atoms with Gasteiger partial charge in [0.15, 0.2) is 11.5 Å². The van der Waals surface area contributed by atoms with Crippen LogP contribution in [0.15, 0.2) is 23.5 Å². The third kappa shape index (κ3) is 5.18. The van der Waals surface area contributed by atoms with Crippen LogP contribution in [-0.2, 0) is 16.3 Å². The smallest absolute Gasteiger partial charge is 0.248 e. The Hall–Kier alpha value is -2.35. The Morgan fingerprint density at radius 1 is 1.03 bits per heavy atom. The Balaban J connectivity index is 2.64. The van der Waals surface area contributed by atoms with Crippen LogP contribution >= 0.6 is 0 Å². The molecular formula is C21H31N3O4S. The molecule has 0 fully saturated rings. The summed E-state index contributed by atoms with van der Waals surface area (Å²) in [4.78, 5) is 10.6. The van der Waals surface area contributed by atoms with Gasteiger partial charge in [0.1, 0.15) is 5.82 Å². The van der Waals surface area contributed by atoms with Crippen LogP contribution in [0.5, 0.6) is 11.5 Å². The molecular weight excluding hydrogens is 390 g/mol. The van der Waals surface area contributed by atoms with Crippen LogP contribution in [0.2, 0.25) is 0 Å². The average molecular weight is 422 g/mol. The van der Waals surface area contributed by atoms with Gasteiger partial charge in [0, 0.05) is 37.5 Å². The monoisotopic (exact) mass is 421 g/mol. The lowest BCUT2D eigenvalue weighted by Gasteiger charge is -2.24. The number of rotatable bonds is 9. The van der Waals surface area contributed by atoms with Crippen molar-refractivity contribution in [1.82, 2.24) is 9.97 Å². The zero-order chi connectivity index (χ0) is 21.8. The van der Waals surface area contributed by atoms with E-state index >= 15 is 0 Å². The first kappa shape index (κ1) is 22.9. The molecule has 7 nitrogen and oxygen atoms in total. The molecule has 0 unspecified atom stereocenters. The fourth-order valence-corrected chi connectivity index (χ4v) is 3.81. The lowest BCUT2D eigenvalue weighted by molar-refractivity contribution is 0.354. The first-order valence-electron chi connectivity index (χ1n) is 9.71. The zero-order valence-corrected chi connectivity index (χ0v) is 19.1. The highest BCUT2D eigenvalue weighted by atomic mass is 32.2. The maximum absolute atomic E-state index is 12.0. The predicted octanol–water partition coefficient (Wildman–Crippen LogP) is 3.46. The van der Waals surface area contributed by atoms with Crippen LogP contribution in [0.1, 0.15) is 50.3 Å². The van der Waals surface area contributed by atoms with E-state index in [2.05, 4.69) is 23.8 Å². The number of ether oxygens (including phenoxy) is 2. The van der Waals surface area contributed by atoms with Gasteiger partial charge in [-0.1, -0.05) is 13.8 Å². The lowest BCUT2D eigenvalue weighted by atomic mass is 9.92. The van der Waals surface area contributed by atoms with Gasteiger partial charge in [0.05, 0.1) is 14.2 Å². The van der Waals surface area contributed by atoms with Gasteiger partial charge >= 0.3 is 0 Å². The third-order valence-corrected chi connectivity index (χ3v) is 5.72. The molecule has 0 bridgehead atoms. The van der Waals surface area contributed by atoms with Crippen molar-refractivity contribution in [2.45, 2.75) is 45.2 Å². The summed E-state index contributed by atoms with van der Waals surface area (Å²) in [6, 6.07) is 3.98. The summed E-state index contributed by atoms with van der Waals surface area (Å²) in [5.74, 6) is 2.27. The van der Waals surface area contributed by atoms with Gasteiger partial charge in [-0.25, -0.2) is 18.4 Å². The standard InChI is InChI=1S/C21H31N3O4S/c1-8-24(9-2)20-16(13-22-21(23-20)29(7,25)26)10-15-11-18(27-5)19(28-6)12-17(15)14(3)4/h11-14H,8-10H2,1-7H3. The van der Waals surface area contributed by atoms with Crippen molar-refractivity contribution in [2.24, 2.45) is 0 Å². The second-order valence-electron chi connectivity index (χ2n) is 7.18. The van der Waals surface area contributed by atoms with Crippen molar-refractivity contribution < 1.29 is 17.9 Å². The highest BCUT2D eigenvalue weighted by Crippen LogP contribution is 2.35. The van der Waals surface area contributed by atoms with Crippen molar-refractivity contribution >= 4 is 15.7 Å². The molecule has 0 saturated carbocycles. The van der Waals surface area contributed by atoms with Gasteiger partial charge in [-0.05, 0) is 43.0 Å². The number of sulfone groups is 1. The molecule has 0 amide bonds. The Labute approximate surface area is 174 Å². The zero-order valence-electron chi connectivity index (χ0n) is 18.3. The highest BCUT2D eigenvalue weighted by Gasteiger charge is 2.20. The Morgan fingerprint density at radius 2 is 1.62 bits per heavy atom. The van der Waals surface area contributed by atoms with Crippen LogP contribution in [0.4, 0.5) is 5.82 Å². The molecule has 0 spiro atoms. The van der Waals surface area contributed by atoms with Crippen molar-refractivity contribution in [3.63, 3.8) is 0 Å². The van der Waals surface area contributed by atoms with Crippen LogP contribution in [0.3, 0.4) is 0 Å². The molecule has 8 heteroatoms. The molecule has 0 radical (unpaired) electrons. The molecule has 0 atom stereocenters. The van der Waals surface area contributed by atoms with E-state index in [1.165, 1.54) is 0 Å². The minimum Gasteiger partial charge on any atom is -0.493 e. The molecule has 160 valence electrons. The number of hydrogen-bond acceptors (Lipinski definition) is 7. The van der Waals surface area contributed by atoms with Gasteiger partial charge < -0.3 is 14.4 Å². The van der Waals surface area contributed by atoms with E-state index in [-0.39, 0.29) is 11.1 Å². The third-order valence-electron chi connectivity index (χ3n) is 4.86. The fraction of sp³-hybridized carbons (Fsp3) is 0.524. The van der Waals surface area contributed by atoms with Crippen molar-refractivity contribution in [2.75, 3.05) is 38.5 Å². The van der Waals surface area contributed by atoms with Gasteiger partial charge in [-0.2, -0.15) is 0 Å². The molecule has 0 aliphatic carbocycles. The largest absolute Gasteiger partial charge is 0.493 e. The van der Waals surface area contributed by atoms with Gasteiger partial charge in [0.2, 0.25) is 15.0 Å². The van der Waals surface area contributed by atoms with E-state index in [0.29, 0.717) is 36.8 Å². The summed E-state index contributed by atoms with van der Waals surface area (Å²) in [7, 11) is -0.256. The molecule has 1 aromatic carbocycles. The number of benzene rings is 1. The molecule has 0 aliphatic rings. The van der Waals surface area contributed by atoms with E-state index < -0.39 is 9.84 Å². The van der Waals surface area contributed by atoms with Gasteiger partial charge in [-0.15, -0.1) is 0 Å². The molecule has 0 aliphatic heterocycles. The summed E-state index contributed by atoms with van der Waals surface area (Å²) in [6.07, 6.45) is 3.31. The summed E-state index contributed by atoms with van der Waals surface area (Å²) >= 11 is 0. The molecule has 0 N–H and O–H groups in total. The van der Waals surface area contributed by atoms with Crippen molar-refractivity contribution in [3.05, 3.63) is 35.0 Å². The van der Waals surface area contributed by atoms with Crippen LogP contribution in [0, 0.1) is 0 Å². The maximum atomic E-state index is 12.0. The maximum Gasteiger partial charge on any atom is 0.248 e. The lowest BCUT2D eigenvalue weighted by Crippen LogP contribution is -2.25. The van der Waals surface area contributed by atoms with Crippen LogP contribution < -0.4 is 14.4 Å². The second-order valence-corrected chi connectivity index (χ2v) is 9.09. The second kappa shape index (κ2) is 9.43. The molecule has 2 rings (SSSR count). The number of nitrogens with zero attached hydrogens (tertiary/aromatic N) is 3. The average Bonchev–Trinajstić information content (AvgIpc) is 2.68. The van der Waals surface area contributed by atoms with Crippen molar-refractivity contribution in [3.8, 4) is 11.5 Å². The summed E-state index contributed by atoms with van der Waals surface area (Å²) in [5.41, 5.74) is 3.08. The van der Waals surface area contributed by atoms with Crippen LogP contribution in [0.25, 0.3) is 0 Å². The van der Waals surface area contributed by atoms with Gasteiger partial charge in [0.25, 0.3) is 0 Å². The van der Waals surface area contributed by atoms with E-state index in [1.807, 2.05) is 30.9 Å². The molecule has 2 aromatic rings.